The summed E-state index contributed by atoms with van der Waals surface area (Å²) in [5.41, 5.74) is 4.62. The second kappa shape index (κ2) is 12.8. The Morgan fingerprint density at radius 3 is 2.14 bits per heavy atom. The average Bonchev–Trinajstić information content (AvgIpc) is 3.42. The average molecular weight is 646 g/mol. The molecule has 0 bridgehead atoms. The highest BCUT2D eigenvalue weighted by Gasteiger charge is 2.58. The molecule has 1 aliphatic heterocycles. The number of nitrogen functional groups attached to an aromatic ring is 1. The van der Waals surface area contributed by atoms with E-state index in [4.69, 9.17) is 15.3 Å². The maximum atomic E-state index is 13.4. The van der Waals surface area contributed by atoms with Crippen LogP contribution in [0.3, 0.4) is 0 Å². The quantitative estimate of drug-likeness (QED) is 0.0882. The van der Waals surface area contributed by atoms with Crippen molar-refractivity contribution in [1.82, 2.24) is 14.6 Å². The topological polar surface area (TPSA) is 217 Å². The number of methoxy groups -OCH3 is 1. The van der Waals surface area contributed by atoms with Crippen molar-refractivity contribution in [2.24, 2.45) is 5.16 Å². The number of nitrogens with zero attached hydrogens (tertiary/aromatic N) is 3. The molecule has 2 aromatic carbocycles. The summed E-state index contributed by atoms with van der Waals surface area (Å²) in [6, 6.07) is 14.3. The van der Waals surface area contributed by atoms with Crippen molar-refractivity contribution >= 4 is 56.2 Å². The molecular formula is C27H27N5O10S2. The predicted octanol–water partition coefficient (Wildman–Crippen LogP) is 1.23. The van der Waals surface area contributed by atoms with Crippen LogP contribution in [0.1, 0.15) is 36.8 Å². The molecule has 1 saturated heterocycles. The SMILES string of the molecule is COC(=O)[C@H]1[C@@H](NC(=O)/C(=N/OC(C)(C)C(=O)OC(c2ccccc2)c2ccccc2)c2csc(N)n2)C(=O)N1S(=O)(=O)O. The van der Waals surface area contributed by atoms with Gasteiger partial charge in [-0.2, -0.15) is 12.7 Å². The van der Waals surface area contributed by atoms with Crippen LogP contribution in [-0.4, -0.2) is 76.5 Å². The van der Waals surface area contributed by atoms with Crippen molar-refractivity contribution in [1.29, 1.82) is 0 Å². The van der Waals surface area contributed by atoms with Gasteiger partial charge in [-0.1, -0.05) is 65.8 Å². The first-order chi connectivity index (χ1) is 20.7. The first-order valence-electron chi connectivity index (χ1n) is 12.7. The maximum Gasteiger partial charge on any atom is 0.363 e. The van der Waals surface area contributed by atoms with Gasteiger partial charge in [-0.15, -0.1) is 11.3 Å². The zero-order valence-electron chi connectivity index (χ0n) is 23.4. The summed E-state index contributed by atoms with van der Waals surface area (Å²) < 4.78 is 42.8. The van der Waals surface area contributed by atoms with Gasteiger partial charge in [-0.25, -0.2) is 14.6 Å². The lowest BCUT2D eigenvalue weighted by Gasteiger charge is -2.41. The van der Waals surface area contributed by atoms with E-state index in [2.05, 4.69) is 20.2 Å². The molecule has 0 unspecified atom stereocenters. The second-order valence-corrected chi connectivity index (χ2v) is 11.9. The highest BCUT2D eigenvalue weighted by atomic mass is 32.2. The van der Waals surface area contributed by atoms with Crippen LogP contribution in [0.4, 0.5) is 5.13 Å². The number of thiazole rings is 1. The number of aromatic nitrogens is 1. The number of carbonyl (C=O) groups excluding carboxylic acids is 4. The number of ether oxygens (including phenoxy) is 2. The van der Waals surface area contributed by atoms with E-state index in [1.54, 1.807) is 48.5 Å². The molecule has 4 N–H and O–H groups in total. The van der Waals surface area contributed by atoms with Crippen LogP contribution in [0.25, 0.3) is 0 Å². The van der Waals surface area contributed by atoms with Crippen LogP contribution in [0.5, 0.6) is 0 Å². The maximum absolute atomic E-state index is 13.4. The van der Waals surface area contributed by atoms with Gasteiger partial charge < -0.3 is 25.4 Å². The number of anilines is 1. The fourth-order valence-electron chi connectivity index (χ4n) is 4.05. The number of nitrogens with two attached hydrogens (primary N) is 1. The van der Waals surface area contributed by atoms with Crippen LogP contribution < -0.4 is 11.1 Å². The Hall–Kier alpha value is -4.87. The van der Waals surface area contributed by atoms with E-state index in [0.29, 0.717) is 11.1 Å². The molecule has 44 heavy (non-hydrogen) atoms. The number of hydrogen-bond acceptors (Lipinski definition) is 13. The minimum Gasteiger partial charge on any atom is -0.467 e. The number of esters is 2. The largest absolute Gasteiger partial charge is 0.467 e. The van der Waals surface area contributed by atoms with Gasteiger partial charge in [0.05, 0.1) is 7.11 Å². The van der Waals surface area contributed by atoms with E-state index in [1.807, 2.05) is 12.1 Å². The van der Waals surface area contributed by atoms with Crippen molar-refractivity contribution in [2.75, 3.05) is 12.8 Å². The number of β-lactam (4-membered cyclic amide) rings is 1. The number of nitrogens with one attached hydrogen (secondary N) is 1. The lowest BCUT2D eigenvalue weighted by atomic mass is 9.98. The van der Waals surface area contributed by atoms with Gasteiger partial charge in [-0.05, 0) is 25.0 Å². The Balaban J connectivity index is 1.59. The van der Waals surface area contributed by atoms with Crippen LogP contribution in [0, 0.1) is 0 Å². The fraction of sp³-hybridized carbons (Fsp3) is 0.259. The molecule has 2 amide bonds. The van der Waals surface area contributed by atoms with Gasteiger partial charge in [0.15, 0.2) is 23.0 Å². The van der Waals surface area contributed by atoms with Crippen LogP contribution in [0.2, 0.25) is 0 Å². The Bertz CT molecular complexity index is 1650. The third kappa shape index (κ3) is 6.85. The van der Waals surface area contributed by atoms with Gasteiger partial charge in [0.25, 0.3) is 11.8 Å². The minimum atomic E-state index is -5.15. The van der Waals surface area contributed by atoms with Gasteiger partial charge in [0.2, 0.25) is 5.60 Å². The van der Waals surface area contributed by atoms with E-state index in [-0.39, 0.29) is 15.1 Å². The van der Waals surface area contributed by atoms with E-state index in [1.165, 1.54) is 19.2 Å². The molecule has 1 aliphatic rings. The fourth-order valence-corrected chi connectivity index (χ4v) is 5.44. The standard InChI is InChI=1S/C27H27N5O10S2/c1-27(2,25(36)41-21(15-10-6-4-7-11-15)16-12-8-5-9-13-16)42-31-18(17-14-43-26(28)29-17)22(33)30-19-20(24(35)40-3)32(23(19)34)44(37,38)39/h4-14,19-21H,1-3H3,(H2,28,29)(H,30,33)(H,37,38,39)/b31-18+/t19-,20-/m1/s1. The zero-order chi connectivity index (χ0) is 32.2. The third-order valence-corrected chi connectivity index (χ3v) is 7.87. The smallest absolute Gasteiger partial charge is 0.363 e. The molecule has 2 heterocycles. The molecule has 1 fully saturated rings. The predicted molar refractivity (Wildman–Crippen MR) is 155 cm³/mol. The highest BCUT2D eigenvalue weighted by Crippen LogP contribution is 2.29. The molecule has 15 nitrogen and oxygen atoms in total. The van der Waals surface area contributed by atoms with Gasteiger partial charge >= 0.3 is 22.2 Å². The van der Waals surface area contributed by atoms with Crippen LogP contribution in [-0.2, 0) is 43.8 Å². The molecule has 4 rings (SSSR count). The summed E-state index contributed by atoms with van der Waals surface area (Å²) in [6.45, 7) is 2.70. The van der Waals surface area contributed by atoms with Crippen LogP contribution in [0.15, 0.2) is 71.2 Å². The summed E-state index contributed by atoms with van der Waals surface area (Å²) in [5, 5.41) is 7.38. The molecular weight excluding hydrogens is 618 g/mol. The molecule has 3 aromatic rings. The molecule has 2 atom stereocenters. The molecule has 232 valence electrons. The molecule has 17 heteroatoms. The lowest BCUT2D eigenvalue weighted by molar-refractivity contribution is -0.172. The monoisotopic (exact) mass is 645 g/mol. The number of carbonyl (C=O) groups is 4. The summed E-state index contributed by atoms with van der Waals surface area (Å²) in [7, 11) is -4.23. The number of rotatable bonds is 11. The molecule has 0 saturated carbocycles. The normalized spacial score (nSPS) is 17.1. The number of benzene rings is 2. The number of hydrogen-bond donors (Lipinski definition) is 3. The van der Waals surface area contributed by atoms with Crippen LogP contribution >= 0.6 is 11.3 Å². The second-order valence-electron chi connectivity index (χ2n) is 9.75. The van der Waals surface area contributed by atoms with E-state index >= 15 is 0 Å². The first kappa shape index (κ1) is 32.1. The van der Waals surface area contributed by atoms with E-state index in [9.17, 15) is 32.1 Å². The van der Waals surface area contributed by atoms with Gasteiger partial charge in [0.1, 0.15) is 11.7 Å². The van der Waals surface area contributed by atoms with Crippen molar-refractivity contribution < 1.29 is 46.5 Å². The highest BCUT2D eigenvalue weighted by molar-refractivity contribution is 7.84. The number of oxime groups is 1. The Morgan fingerprint density at radius 2 is 1.66 bits per heavy atom. The lowest BCUT2D eigenvalue weighted by Crippen LogP contribution is -2.74. The molecule has 0 spiro atoms. The van der Waals surface area contributed by atoms with Crippen molar-refractivity contribution in [3.05, 3.63) is 82.9 Å². The Kier molecular flexibility index (Phi) is 9.31. The Labute approximate surface area is 255 Å². The van der Waals surface area contributed by atoms with Crippen molar-refractivity contribution in [3.8, 4) is 0 Å². The minimum absolute atomic E-state index is 0.0393. The summed E-state index contributed by atoms with van der Waals surface area (Å²) in [4.78, 5) is 60.8. The molecule has 1 aromatic heterocycles. The van der Waals surface area contributed by atoms with Gasteiger partial charge in [-0.3, -0.25) is 14.1 Å². The van der Waals surface area contributed by atoms with Crippen molar-refractivity contribution in [2.45, 2.75) is 37.6 Å². The first-order valence-corrected chi connectivity index (χ1v) is 15.0. The summed E-state index contributed by atoms with van der Waals surface area (Å²) >= 11 is 0.942. The van der Waals surface area contributed by atoms with E-state index in [0.717, 1.165) is 18.4 Å². The Morgan fingerprint density at radius 1 is 1.09 bits per heavy atom. The van der Waals surface area contributed by atoms with Gasteiger partial charge in [0, 0.05) is 5.38 Å². The third-order valence-electron chi connectivity index (χ3n) is 6.30. The molecule has 0 radical (unpaired) electrons. The van der Waals surface area contributed by atoms with E-state index < -0.39 is 63.6 Å². The summed E-state index contributed by atoms with van der Waals surface area (Å²) in [6.07, 6.45) is -0.802. The zero-order valence-corrected chi connectivity index (χ0v) is 25.1. The molecule has 0 aliphatic carbocycles. The van der Waals surface area contributed by atoms with Crippen molar-refractivity contribution in [3.63, 3.8) is 0 Å². The number of amides is 2. The summed E-state index contributed by atoms with van der Waals surface area (Å²) in [5.74, 6) is -4.53.